The van der Waals surface area contributed by atoms with Crippen molar-refractivity contribution in [1.82, 2.24) is 9.47 Å². The summed E-state index contributed by atoms with van der Waals surface area (Å²) < 4.78 is 2.15. The number of aromatic nitrogens is 1. The van der Waals surface area contributed by atoms with E-state index in [0.29, 0.717) is 5.92 Å². The molecule has 0 bridgehead atoms. The SMILES string of the molecule is CCn1cc(C(=O)C=CC2CCN(C=Cc3ccccc3)CC2)c2ccccc21. The Balaban J connectivity index is 1.36. The van der Waals surface area contributed by atoms with Crippen LogP contribution < -0.4 is 0 Å². The minimum atomic E-state index is 0.111. The van der Waals surface area contributed by atoms with Gasteiger partial charge in [-0.15, -0.1) is 0 Å². The fourth-order valence-electron chi connectivity index (χ4n) is 4.03. The van der Waals surface area contributed by atoms with Gasteiger partial charge in [0.2, 0.25) is 0 Å². The van der Waals surface area contributed by atoms with Crippen molar-refractivity contribution in [2.45, 2.75) is 26.3 Å². The van der Waals surface area contributed by atoms with Crippen LogP contribution in [0.1, 0.15) is 35.7 Å². The molecule has 1 aliphatic rings. The van der Waals surface area contributed by atoms with Crippen molar-refractivity contribution in [3.8, 4) is 0 Å². The monoisotopic (exact) mass is 384 g/mol. The number of benzene rings is 2. The average Bonchev–Trinajstić information content (AvgIpc) is 3.16. The summed E-state index contributed by atoms with van der Waals surface area (Å²) in [4.78, 5) is 15.2. The van der Waals surface area contributed by atoms with Crippen molar-refractivity contribution < 1.29 is 4.79 Å². The van der Waals surface area contributed by atoms with Crippen LogP contribution in [0.5, 0.6) is 0 Å². The lowest BCUT2D eigenvalue weighted by molar-refractivity contribution is 0.104. The molecule has 1 saturated heterocycles. The van der Waals surface area contributed by atoms with E-state index in [0.717, 1.165) is 48.9 Å². The molecule has 0 aliphatic carbocycles. The van der Waals surface area contributed by atoms with E-state index in [-0.39, 0.29) is 5.78 Å². The lowest BCUT2D eigenvalue weighted by Crippen LogP contribution is -2.28. The van der Waals surface area contributed by atoms with E-state index in [1.807, 2.05) is 30.5 Å². The lowest BCUT2D eigenvalue weighted by atomic mass is 9.95. The Morgan fingerprint density at radius 3 is 2.52 bits per heavy atom. The molecule has 0 amide bonds. The summed E-state index contributed by atoms with van der Waals surface area (Å²) in [7, 11) is 0. The molecule has 1 aromatic heterocycles. The molecule has 2 heterocycles. The van der Waals surface area contributed by atoms with Crippen molar-refractivity contribution in [2.75, 3.05) is 13.1 Å². The van der Waals surface area contributed by atoms with Gasteiger partial charge in [0.15, 0.2) is 5.78 Å². The number of hydrogen-bond acceptors (Lipinski definition) is 2. The number of para-hydroxylation sites is 1. The fourth-order valence-corrected chi connectivity index (χ4v) is 4.03. The summed E-state index contributed by atoms with van der Waals surface area (Å²) in [5, 5.41) is 1.05. The molecular formula is C26H28N2O. The van der Waals surface area contributed by atoms with Gasteiger partial charge in [0.05, 0.1) is 0 Å². The minimum absolute atomic E-state index is 0.111. The normalized spacial score (nSPS) is 15.7. The zero-order valence-electron chi connectivity index (χ0n) is 17.0. The number of piperidine rings is 1. The Morgan fingerprint density at radius 1 is 1.03 bits per heavy atom. The van der Waals surface area contributed by atoms with Crippen molar-refractivity contribution >= 4 is 22.8 Å². The second kappa shape index (κ2) is 8.95. The van der Waals surface area contributed by atoms with Gasteiger partial charge < -0.3 is 9.47 Å². The number of allylic oxidation sites excluding steroid dienone is 2. The fraction of sp³-hybridized carbons (Fsp3) is 0.269. The van der Waals surface area contributed by atoms with Crippen LogP contribution in [-0.4, -0.2) is 28.3 Å². The molecule has 0 unspecified atom stereocenters. The van der Waals surface area contributed by atoms with Crippen LogP contribution in [0.4, 0.5) is 0 Å². The molecule has 3 aromatic rings. The topological polar surface area (TPSA) is 25.2 Å². The molecule has 1 aliphatic heterocycles. The maximum absolute atomic E-state index is 12.8. The van der Waals surface area contributed by atoms with E-state index in [4.69, 9.17) is 0 Å². The zero-order chi connectivity index (χ0) is 20.1. The highest BCUT2D eigenvalue weighted by Gasteiger charge is 2.16. The van der Waals surface area contributed by atoms with Crippen molar-refractivity contribution in [1.29, 1.82) is 0 Å². The number of likely N-dealkylation sites (tertiary alicyclic amines) is 1. The molecule has 0 saturated carbocycles. The standard InChI is InChI=1S/C26H28N2O/c1-2-28-20-24(23-10-6-7-11-25(23)28)26(29)13-12-22-15-18-27(19-16-22)17-14-21-8-4-3-5-9-21/h3-14,17,20,22H,2,15-16,18-19H2,1H3. The van der Waals surface area contributed by atoms with Gasteiger partial charge in [-0.3, -0.25) is 4.79 Å². The van der Waals surface area contributed by atoms with Crippen LogP contribution in [0.15, 0.2) is 79.1 Å². The summed E-state index contributed by atoms with van der Waals surface area (Å²) in [6.45, 7) is 5.03. The van der Waals surface area contributed by atoms with Crippen LogP contribution in [0.2, 0.25) is 0 Å². The third-order valence-corrected chi connectivity index (χ3v) is 5.77. The van der Waals surface area contributed by atoms with Crippen LogP contribution in [0, 0.1) is 5.92 Å². The first kappa shape index (κ1) is 19.3. The molecular weight excluding hydrogens is 356 g/mol. The van der Waals surface area contributed by atoms with E-state index in [1.165, 1.54) is 5.56 Å². The Morgan fingerprint density at radius 2 is 1.76 bits per heavy atom. The number of carbonyl (C=O) groups is 1. The number of ketones is 1. The molecule has 148 valence electrons. The van der Waals surface area contributed by atoms with E-state index in [1.54, 1.807) is 6.08 Å². The third-order valence-electron chi connectivity index (χ3n) is 5.77. The molecule has 3 heteroatoms. The summed E-state index contributed by atoms with van der Waals surface area (Å²) in [5.41, 5.74) is 3.17. The van der Waals surface area contributed by atoms with E-state index < -0.39 is 0 Å². The Hall–Kier alpha value is -3.07. The molecule has 0 atom stereocenters. The molecule has 29 heavy (non-hydrogen) atoms. The quantitative estimate of drug-likeness (QED) is 0.397. The van der Waals surface area contributed by atoms with E-state index >= 15 is 0 Å². The number of carbonyl (C=O) groups excluding carboxylic acids is 1. The summed E-state index contributed by atoms with van der Waals surface area (Å²) in [6.07, 6.45) is 12.4. The second-order valence-electron chi connectivity index (χ2n) is 7.67. The van der Waals surface area contributed by atoms with Gasteiger partial charge >= 0.3 is 0 Å². The van der Waals surface area contributed by atoms with Crippen molar-refractivity contribution in [3.05, 3.63) is 90.3 Å². The molecule has 1 fully saturated rings. The molecule has 4 rings (SSSR count). The lowest BCUT2D eigenvalue weighted by Gasteiger charge is -2.29. The Labute approximate surface area is 173 Å². The predicted octanol–water partition coefficient (Wildman–Crippen LogP) is 5.78. The highest BCUT2D eigenvalue weighted by molar-refractivity contribution is 6.13. The second-order valence-corrected chi connectivity index (χ2v) is 7.67. The Kier molecular flexibility index (Phi) is 5.95. The molecule has 0 N–H and O–H groups in total. The highest BCUT2D eigenvalue weighted by atomic mass is 16.1. The maximum Gasteiger partial charge on any atom is 0.187 e. The summed E-state index contributed by atoms with van der Waals surface area (Å²) in [5.74, 6) is 0.583. The predicted molar refractivity (Wildman–Crippen MR) is 121 cm³/mol. The largest absolute Gasteiger partial charge is 0.377 e. The minimum Gasteiger partial charge on any atom is -0.377 e. The first-order chi connectivity index (χ1) is 14.2. The molecule has 0 radical (unpaired) electrons. The summed E-state index contributed by atoms with van der Waals surface area (Å²) >= 11 is 0. The van der Waals surface area contributed by atoms with Crippen LogP contribution in [0.3, 0.4) is 0 Å². The first-order valence-electron chi connectivity index (χ1n) is 10.5. The third kappa shape index (κ3) is 4.51. The van der Waals surface area contributed by atoms with Crippen LogP contribution >= 0.6 is 0 Å². The molecule has 0 spiro atoms. The highest BCUT2D eigenvalue weighted by Crippen LogP contribution is 2.23. The summed E-state index contributed by atoms with van der Waals surface area (Å²) in [6, 6.07) is 18.5. The van der Waals surface area contributed by atoms with Crippen LogP contribution in [-0.2, 0) is 6.54 Å². The average molecular weight is 385 g/mol. The van der Waals surface area contributed by atoms with Gasteiger partial charge in [-0.1, -0.05) is 54.6 Å². The number of nitrogens with zero attached hydrogens (tertiary/aromatic N) is 2. The van der Waals surface area contributed by atoms with Gasteiger partial charge in [0.1, 0.15) is 0 Å². The Bertz CT molecular complexity index is 1020. The molecule has 3 nitrogen and oxygen atoms in total. The number of aryl methyl sites for hydroxylation is 1. The van der Waals surface area contributed by atoms with Gasteiger partial charge in [0.25, 0.3) is 0 Å². The van der Waals surface area contributed by atoms with Crippen molar-refractivity contribution in [3.63, 3.8) is 0 Å². The van der Waals surface area contributed by atoms with E-state index in [9.17, 15) is 4.79 Å². The number of hydrogen-bond donors (Lipinski definition) is 0. The number of fused-ring (bicyclic) bond motifs is 1. The van der Waals surface area contributed by atoms with E-state index in [2.05, 4.69) is 65.1 Å². The van der Waals surface area contributed by atoms with Gasteiger partial charge in [-0.25, -0.2) is 0 Å². The van der Waals surface area contributed by atoms with Gasteiger partial charge in [0, 0.05) is 42.3 Å². The van der Waals surface area contributed by atoms with Crippen molar-refractivity contribution in [2.24, 2.45) is 5.92 Å². The van der Waals surface area contributed by atoms with Crippen LogP contribution in [0.25, 0.3) is 17.0 Å². The zero-order valence-corrected chi connectivity index (χ0v) is 17.0. The molecule has 2 aromatic carbocycles. The number of rotatable bonds is 6. The van der Waals surface area contributed by atoms with Gasteiger partial charge in [-0.05, 0) is 55.7 Å². The maximum atomic E-state index is 12.8. The smallest absolute Gasteiger partial charge is 0.187 e. The first-order valence-corrected chi connectivity index (χ1v) is 10.5. The van der Waals surface area contributed by atoms with Gasteiger partial charge in [-0.2, -0.15) is 0 Å².